The van der Waals surface area contributed by atoms with Crippen LogP contribution in [0.3, 0.4) is 0 Å². The normalized spacial score (nSPS) is 19.7. The van der Waals surface area contributed by atoms with Crippen LogP contribution in [0.4, 0.5) is 0 Å². The molecule has 9 nitrogen and oxygen atoms in total. The van der Waals surface area contributed by atoms with E-state index in [1.165, 1.54) is 5.56 Å². The summed E-state index contributed by atoms with van der Waals surface area (Å²) in [5.74, 6) is 0.175. The first-order valence-electron chi connectivity index (χ1n) is 15.3. The minimum absolute atomic E-state index is 0.00840. The molecule has 9 heteroatoms. The number of fused-ring (bicyclic) bond motifs is 3. The molecule has 3 aromatic heterocycles. The van der Waals surface area contributed by atoms with Gasteiger partial charge in [-0.25, -0.2) is 4.68 Å². The van der Waals surface area contributed by atoms with Gasteiger partial charge in [0.05, 0.1) is 23.7 Å². The summed E-state index contributed by atoms with van der Waals surface area (Å²) in [6.45, 7) is 7.87. The smallest absolute Gasteiger partial charge is 0.304 e. The van der Waals surface area contributed by atoms with Gasteiger partial charge in [0.2, 0.25) is 0 Å². The van der Waals surface area contributed by atoms with Crippen molar-refractivity contribution in [3.63, 3.8) is 0 Å². The molecule has 4 heterocycles. The number of benzene rings is 2. The Morgan fingerprint density at radius 1 is 1.23 bits per heavy atom. The summed E-state index contributed by atoms with van der Waals surface area (Å²) in [6, 6.07) is 12.7. The fourth-order valence-electron chi connectivity index (χ4n) is 6.92. The molecule has 7 rings (SSSR count). The molecule has 0 amide bonds. The summed E-state index contributed by atoms with van der Waals surface area (Å²) in [4.78, 5) is 22.9. The van der Waals surface area contributed by atoms with Crippen molar-refractivity contribution < 1.29 is 14.6 Å². The lowest BCUT2D eigenvalue weighted by molar-refractivity contribution is -0.137. The zero-order valence-corrected chi connectivity index (χ0v) is 25.2. The number of hydrogen-bond acceptors (Lipinski definition) is 6. The third-order valence-electron chi connectivity index (χ3n) is 9.45. The van der Waals surface area contributed by atoms with E-state index in [2.05, 4.69) is 65.2 Å². The molecule has 5 aromatic rings. The maximum Gasteiger partial charge on any atom is 0.304 e. The van der Waals surface area contributed by atoms with Crippen molar-refractivity contribution in [2.24, 2.45) is 7.05 Å². The van der Waals surface area contributed by atoms with Crippen molar-refractivity contribution in [1.82, 2.24) is 29.9 Å². The third-order valence-corrected chi connectivity index (χ3v) is 9.45. The number of nitrogens with zero attached hydrogens (tertiary/aromatic N) is 5. The molecule has 2 aliphatic rings. The Labute approximate surface area is 250 Å². The number of ether oxygens (including phenoxy) is 1. The maximum absolute atomic E-state index is 12.4. The lowest BCUT2D eigenvalue weighted by Gasteiger charge is -2.29. The molecule has 0 saturated heterocycles. The quantitative estimate of drug-likeness (QED) is 0.220. The Morgan fingerprint density at radius 3 is 2.84 bits per heavy atom. The molecule has 0 radical (unpaired) electrons. The Kier molecular flexibility index (Phi) is 6.92. The number of aromatic amines is 1. The van der Waals surface area contributed by atoms with Gasteiger partial charge in [0, 0.05) is 49.4 Å². The van der Waals surface area contributed by atoms with Gasteiger partial charge in [-0.05, 0) is 91.1 Å². The highest BCUT2D eigenvalue weighted by Crippen LogP contribution is 2.46. The molecule has 2 aromatic carbocycles. The second kappa shape index (κ2) is 10.8. The Bertz CT molecular complexity index is 1840. The molecule has 3 atom stereocenters. The molecule has 222 valence electrons. The van der Waals surface area contributed by atoms with Gasteiger partial charge in [-0.15, -0.1) is 5.10 Å². The highest BCUT2D eigenvalue weighted by molar-refractivity contribution is 5.86. The van der Waals surface area contributed by atoms with Gasteiger partial charge in [-0.2, -0.15) is 0 Å². The van der Waals surface area contributed by atoms with E-state index in [9.17, 15) is 9.90 Å². The van der Waals surface area contributed by atoms with Gasteiger partial charge < -0.3 is 14.8 Å². The summed E-state index contributed by atoms with van der Waals surface area (Å²) in [5.41, 5.74) is 9.29. The van der Waals surface area contributed by atoms with Crippen LogP contribution in [-0.2, 0) is 18.4 Å². The number of carboxylic acids is 1. The number of pyridine rings is 1. The van der Waals surface area contributed by atoms with Crippen molar-refractivity contribution in [3.8, 4) is 5.75 Å². The summed E-state index contributed by atoms with van der Waals surface area (Å²) < 4.78 is 8.24. The topological polar surface area (TPSA) is 109 Å². The first-order chi connectivity index (χ1) is 20.8. The van der Waals surface area contributed by atoms with Crippen molar-refractivity contribution in [2.45, 2.75) is 77.0 Å². The first-order valence-corrected chi connectivity index (χ1v) is 15.3. The molecule has 1 aliphatic heterocycles. The predicted octanol–water partition coefficient (Wildman–Crippen LogP) is 6.37. The van der Waals surface area contributed by atoms with E-state index in [4.69, 9.17) is 9.72 Å². The largest absolute Gasteiger partial charge is 0.487 e. The highest BCUT2D eigenvalue weighted by Gasteiger charge is 2.32. The van der Waals surface area contributed by atoms with Gasteiger partial charge in [-0.1, -0.05) is 24.3 Å². The molecule has 1 saturated carbocycles. The molecular formula is C34H38N6O3. The number of aliphatic carboxylic acids is 1. The van der Waals surface area contributed by atoms with Crippen LogP contribution >= 0.6 is 0 Å². The number of hydrogen-bond donors (Lipinski definition) is 2. The highest BCUT2D eigenvalue weighted by atomic mass is 16.5. The van der Waals surface area contributed by atoms with Crippen LogP contribution < -0.4 is 4.74 Å². The van der Waals surface area contributed by atoms with Crippen molar-refractivity contribution in [1.29, 1.82) is 0 Å². The summed E-state index contributed by atoms with van der Waals surface area (Å²) in [7, 11) is 1.94. The van der Waals surface area contributed by atoms with Crippen molar-refractivity contribution >= 4 is 27.9 Å². The standard InChI is InChI=1S/C34H38N6O3/c1-5-24-18-40(20(3)33-30(43-24)7-6-11-36-33)17-23-13-22(14-29-25(23)10-12-35-29)27(16-31(41)42)26-15-28(21-8-9-21)34-32(19(26)2)37-38-39(34)4/h6-7,10-15,20-21,24,27,35H,5,8-9,16-18H2,1-4H3,(H,41,42)/t20-,24+,27?/m0/s1. The molecule has 1 aliphatic carbocycles. The fourth-order valence-corrected chi connectivity index (χ4v) is 6.92. The van der Waals surface area contributed by atoms with E-state index < -0.39 is 5.97 Å². The Balaban J connectivity index is 1.34. The fraction of sp³-hybridized carbons (Fsp3) is 0.412. The number of nitrogens with one attached hydrogen (secondary N) is 1. The lowest BCUT2D eigenvalue weighted by Crippen LogP contribution is -2.34. The Hall–Kier alpha value is -4.24. The van der Waals surface area contributed by atoms with Gasteiger partial charge in [-0.3, -0.25) is 14.7 Å². The van der Waals surface area contributed by atoms with Crippen molar-refractivity contribution in [3.05, 3.63) is 82.3 Å². The van der Waals surface area contributed by atoms with Gasteiger partial charge >= 0.3 is 5.97 Å². The minimum Gasteiger partial charge on any atom is -0.487 e. The Morgan fingerprint density at radius 2 is 2.07 bits per heavy atom. The molecule has 1 fully saturated rings. The van der Waals surface area contributed by atoms with E-state index in [0.717, 1.165) is 81.4 Å². The number of H-pyrrole nitrogens is 1. The first kappa shape index (κ1) is 27.6. The second-order valence-corrected chi connectivity index (χ2v) is 12.3. The van der Waals surface area contributed by atoms with Crippen molar-refractivity contribution in [2.75, 3.05) is 6.54 Å². The minimum atomic E-state index is -0.823. The van der Waals surface area contributed by atoms with Crippen LogP contribution in [0.15, 0.2) is 48.8 Å². The SMILES string of the molecule is CC[C@@H]1CN(Cc2cc(C(CC(=O)O)c3cc(C4CC4)c4c(nnn4C)c3C)cc3[nH]ccc23)[C@@H](C)c2ncccc2O1. The van der Waals surface area contributed by atoms with E-state index in [1.807, 2.05) is 36.3 Å². The third kappa shape index (κ3) is 4.95. The predicted molar refractivity (Wildman–Crippen MR) is 165 cm³/mol. The monoisotopic (exact) mass is 578 g/mol. The van der Waals surface area contributed by atoms with E-state index in [1.54, 1.807) is 0 Å². The van der Waals surface area contributed by atoms with E-state index in [-0.39, 0.29) is 24.5 Å². The van der Waals surface area contributed by atoms with E-state index in [0.29, 0.717) is 12.5 Å². The number of rotatable bonds is 8. The van der Waals surface area contributed by atoms with Gasteiger partial charge in [0.25, 0.3) is 0 Å². The van der Waals surface area contributed by atoms with Crippen LogP contribution in [0, 0.1) is 6.92 Å². The molecule has 43 heavy (non-hydrogen) atoms. The maximum atomic E-state index is 12.4. The number of aryl methyl sites for hydroxylation is 2. The average molecular weight is 579 g/mol. The van der Waals surface area contributed by atoms with Gasteiger partial charge in [0.1, 0.15) is 17.4 Å². The molecule has 2 N–H and O–H groups in total. The van der Waals surface area contributed by atoms with Crippen LogP contribution in [0.2, 0.25) is 0 Å². The van der Waals surface area contributed by atoms with Crippen LogP contribution in [0.5, 0.6) is 5.75 Å². The number of carbonyl (C=O) groups is 1. The molecule has 0 spiro atoms. The van der Waals surface area contributed by atoms with Crippen LogP contribution in [0.25, 0.3) is 21.9 Å². The van der Waals surface area contributed by atoms with E-state index >= 15 is 0 Å². The zero-order valence-electron chi connectivity index (χ0n) is 25.2. The summed E-state index contributed by atoms with van der Waals surface area (Å²) in [5, 5.41) is 20.2. The van der Waals surface area contributed by atoms with Crippen LogP contribution in [-0.4, -0.2) is 53.6 Å². The molecule has 1 unspecified atom stereocenters. The summed E-state index contributed by atoms with van der Waals surface area (Å²) >= 11 is 0. The lowest BCUT2D eigenvalue weighted by atomic mass is 9.83. The second-order valence-electron chi connectivity index (χ2n) is 12.3. The number of carboxylic acid groups (broad SMARTS) is 1. The number of aromatic nitrogens is 5. The van der Waals surface area contributed by atoms with Crippen LogP contribution in [0.1, 0.15) is 90.9 Å². The average Bonchev–Trinajstić information content (AvgIpc) is 3.63. The molecule has 0 bridgehead atoms. The van der Waals surface area contributed by atoms with Gasteiger partial charge in [0.15, 0.2) is 0 Å². The molecular weight excluding hydrogens is 540 g/mol. The zero-order chi connectivity index (χ0) is 29.8. The summed E-state index contributed by atoms with van der Waals surface area (Å²) in [6.07, 6.45) is 7.01.